The minimum absolute atomic E-state index is 0.0229. The van der Waals surface area contributed by atoms with E-state index in [4.69, 9.17) is 0 Å². The van der Waals surface area contributed by atoms with Crippen LogP contribution in [0.1, 0.15) is 75.3 Å². The smallest absolute Gasteiger partial charge is 0.348 e. The molecular weight excluding hydrogens is 519 g/mol. The number of hydrogen-bond donors (Lipinski definition) is 2. The van der Waals surface area contributed by atoms with Crippen molar-refractivity contribution in [3.63, 3.8) is 0 Å². The van der Waals surface area contributed by atoms with Crippen LogP contribution in [0.4, 0.5) is 13.2 Å². The molecule has 1 atom stereocenters. The van der Waals surface area contributed by atoms with E-state index in [1.807, 2.05) is 12.1 Å². The molecular formula is C29H42F3N7O. The number of rotatable bonds is 17. The normalized spacial score (nSPS) is 12.8. The molecule has 0 saturated carbocycles. The Hall–Kier alpha value is -3.18. The van der Waals surface area contributed by atoms with Gasteiger partial charge in [-0.15, -0.1) is 0 Å². The van der Waals surface area contributed by atoms with Gasteiger partial charge in [-0.2, -0.15) is 13.2 Å². The third kappa shape index (κ3) is 9.78. The standard InChI is InChI=1S/C29H42F3N7O/c1-4-16-37(17-5-2)18-6-7-19-38(28(40)29(30,31)32)20-24-8-10-25(11-9-24)21-39(22-26-33-12-13-34-26)23(3)27-35-14-15-36-27/h8-15,23H,4-7,16-22H2,1-3H3,(H,33,34)(H,35,36). The molecule has 0 saturated heterocycles. The fourth-order valence-corrected chi connectivity index (χ4v) is 4.83. The first-order chi connectivity index (χ1) is 19.2. The van der Waals surface area contributed by atoms with Gasteiger partial charge in [-0.25, -0.2) is 9.97 Å². The van der Waals surface area contributed by atoms with E-state index in [0.29, 0.717) is 25.1 Å². The summed E-state index contributed by atoms with van der Waals surface area (Å²) in [6.07, 6.45) is 5.44. The van der Waals surface area contributed by atoms with Gasteiger partial charge in [0.25, 0.3) is 0 Å². The summed E-state index contributed by atoms with van der Waals surface area (Å²) in [5.74, 6) is -0.131. The number of H-pyrrole nitrogens is 2. The molecule has 0 aliphatic carbocycles. The van der Waals surface area contributed by atoms with Gasteiger partial charge in [0.1, 0.15) is 11.6 Å². The fourth-order valence-electron chi connectivity index (χ4n) is 4.83. The molecule has 1 amide bonds. The van der Waals surface area contributed by atoms with Crippen molar-refractivity contribution in [3.05, 3.63) is 71.8 Å². The van der Waals surface area contributed by atoms with Gasteiger partial charge in [-0.05, 0) is 63.4 Å². The van der Waals surface area contributed by atoms with Gasteiger partial charge in [-0.3, -0.25) is 9.69 Å². The van der Waals surface area contributed by atoms with E-state index in [1.54, 1.807) is 36.9 Å². The molecule has 0 radical (unpaired) electrons. The average molecular weight is 562 g/mol. The lowest BCUT2D eigenvalue weighted by Crippen LogP contribution is -2.41. The highest BCUT2D eigenvalue weighted by molar-refractivity contribution is 5.81. The van der Waals surface area contributed by atoms with E-state index in [0.717, 1.165) is 61.0 Å². The van der Waals surface area contributed by atoms with Gasteiger partial charge < -0.3 is 19.8 Å². The number of amides is 1. The monoisotopic (exact) mass is 561 g/mol. The van der Waals surface area contributed by atoms with Gasteiger partial charge in [0.05, 0.1) is 12.6 Å². The molecule has 11 heteroatoms. The molecule has 0 spiro atoms. The Morgan fingerprint density at radius 1 is 0.850 bits per heavy atom. The van der Waals surface area contributed by atoms with Crippen LogP contribution < -0.4 is 0 Å². The van der Waals surface area contributed by atoms with Crippen LogP contribution in [0, 0.1) is 0 Å². The van der Waals surface area contributed by atoms with Crippen LogP contribution in [0.25, 0.3) is 0 Å². The number of aromatic nitrogens is 4. The van der Waals surface area contributed by atoms with E-state index < -0.39 is 12.1 Å². The van der Waals surface area contributed by atoms with Crippen LogP contribution >= 0.6 is 0 Å². The molecule has 2 aromatic heterocycles. The van der Waals surface area contributed by atoms with Crippen LogP contribution in [0.2, 0.25) is 0 Å². The number of unbranched alkanes of at least 4 members (excludes halogenated alkanes) is 1. The highest BCUT2D eigenvalue weighted by atomic mass is 19.4. The number of hydrogen-bond acceptors (Lipinski definition) is 5. The highest BCUT2D eigenvalue weighted by Gasteiger charge is 2.42. The summed E-state index contributed by atoms with van der Waals surface area (Å²) in [4.78, 5) is 32.7. The summed E-state index contributed by atoms with van der Waals surface area (Å²) in [6.45, 7) is 10.2. The predicted molar refractivity (Wildman–Crippen MR) is 149 cm³/mol. The second kappa shape index (κ2) is 15.6. The van der Waals surface area contributed by atoms with Crippen molar-refractivity contribution in [1.82, 2.24) is 34.6 Å². The average Bonchev–Trinajstić information content (AvgIpc) is 3.65. The zero-order chi connectivity index (χ0) is 29.0. The summed E-state index contributed by atoms with van der Waals surface area (Å²) in [5.41, 5.74) is 1.66. The van der Waals surface area contributed by atoms with Crippen molar-refractivity contribution in [3.8, 4) is 0 Å². The fraction of sp³-hybridized carbons (Fsp3) is 0.552. The van der Waals surface area contributed by atoms with Crippen molar-refractivity contribution in [2.45, 2.75) is 78.3 Å². The molecule has 0 aliphatic rings. The third-order valence-corrected chi connectivity index (χ3v) is 6.91. The predicted octanol–water partition coefficient (Wildman–Crippen LogP) is 5.69. The van der Waals surface area contributed by atoms with Crippen LogP contribution in [-0.4, -0.2) is 72.9 Å². The van der Waals surface area contributed by atoms with Crippen molar-refractivity contribution < 1.29 is 18.0 Å². The van der Waals surface area contributed by atoms with Crippen molar-refractivity contribution in [2.24, 2.45) is 0 Å². The maximum atomic E-state index is 13.4. The number of nitrogens with zero attached hydrogens (tertiary/aromatic N) is 5. The molecule has 2 N–H and O–H groups in total. The highest BCUT2D eigenvalue weighted by Crippen LogP contribution is 2.23. The Morgan fingerprint density at radius 3 is 2.00 bits per heavy atom. The molecule has 0 fully saturated rings. The van der Waals surface area contributed by atoms with Crippen LogP contribution in [0.5, 0.6) is 0 Å². The Morgan fingerprint density at radius 2 is 1.45 bits per heavy atom. The second-order valence-electron chi connectivity index (χ2n) is 10.2. The van der Waals surface area contributed by atoms with E-state index in [-0.39, 0.29) is 19.1 Å². The summed E-state index contributed by atoms with van der Waals surface area (Å²) >= 11 is 0. The summed E-state index contributed by atoms with van der Waals surface area (Å²) in [7, 11) is 0. The maximum Gasteiger partial charge on any atom is 0.471 e. The number of aromatic amines is 2. The lowest BCUT2D eigenvalue weighted by Gasteiger charge is -2.27. The molecule has 1 unspecified atom stereocenters. The lowest BCUT2D eigenvalue weighted by molar-refractivity contribution is -0.186. The van der Waals surface area contributed by atoms with Gasteiger partial charge in [0, 0.05) is 44.4 Å². The number of carbonyl (C=O) groups is 1. The Balaban J connectivity index is 1.64. The first kappa shape index (κ1) is 31.3. The quantitative estimate of drug-likeness (QED) is 0.207. The lowest BCUT2D eigenvalue weighted by atomic mass is 10.1. The molecule has 1 aromatic carbocycles. The molecule has 3 rings (SSSR count). The third-order valence-electron chi connectivity index (χ3n) is 6.91. The number of carbonyl (C=O) groups excluding carboxylic acids is 1. The molecule has 40 heavy (non-hydrogen) atoms. The Bertz CT molecular complexity index is 1100. The van der Waals surface area contributed by atoms with E-state index in [2.05, 4.69) is 50.5 Å². The number of halogens is 3. The minimum Gasteiger partial charge on any atom is -0.348 e. The molecule has 0 aliphatic heterocycles. The zero-order valence-corrected chi connectivity index (χ0v) is 23.8. The molecule has 8 nitrogen and oxygen atoms in total. The van der Waals surface area contributed by atoms with Crippen molar-refractivity contribution >= 4 is 5.91 Å². The van der Waals surface area contributed by atoms with E-state index in [9.17, 15) is 18.0 Å². The van der Waals surface area contributed by atoms with E-state index in [1.165, 1.54) is 0 Å². The van der Waals surface area contributed by atoms with Gasteiger partial charge >= 0.3 is 12.1 Å². The van der Waals surface area contributed by atoms with Gasteiger partial charge in [0.2, 0.25) is 0 Å². The SMILES string of the molecule is CCCN(CCC)CCCCN(Cc1ccc(CN(Cc2ncc[nH]2)C(C)c2ncc[nH]2)cc1)C(=O)C(F)(F)F. The van der Waals surface area contributed by atoms with E-state index >= 15 is 0 Å². The topological polar surface area (TPSA) is 84.2 Å². The minimum atomic E-state index is -4.90. The van der Waals surface area contributed by atoms with Crippen LogP contribution in [-0.2, 0) is 24.4 Å². The van der Waals surface area contributed by atoms with Crippen molar-refractivity contribution in [2.75, 3.05) is 26.2 Å². The summed E-state index contributed by atoms with van der Waals surface area (Å²) in [6, 6.07) is 7.40. The molecule has 220 valence electrons. The largest absolute Gasteiger partial charge is 0.471 e. The second-order valence-corrected chi connectivity index (χ2v) is 10.2. The van der Waals surface area contributed by atoms with Gasteiger partial charge in [-0.1, -0.05) is 38.1 Å². The van der Waals surface area contributed by atoms with Gasteiger partial charge in [0.15, 0.2) is 0 Å². The Kier molecular flexibility index (Phi) is 12.2. The Labute approximate surface area is 235 Å². The molecule has 0 bridgehead atoms. The number of nitrogens with one attached hydrogen (secondary N) is 2. The number of benzene rings is 1. The first-order valence-corrected chi connectivity index (χ1v) is 14.1. The summed E-state index contributed by atoms with van der Waals surface area (Å²) in [5, 5.41) is 0. The molecule has 3 aromatic rings. The first-order valence-electron chi connectivity index (χ1n) is 14.1. The number of imidazole rings is 2. The zero-order valence-electron chi connectivity index (χ0n) is 23.8. The van der Waals surface area contributed by atoms with Crippen molar-refractivity contribution in [1.29, 1.82) is 0 Å². The molecule has 2 heterocycles. The van der Waals surface area contributed by atoms with Crippen LogP contribution in [0.3, 0.4) is 0 Å². The van der Waals surface area contributed by atoms with Crippen LogP contribution in [0.15, 0.2) is 49.1 Å². The summed E-state index contributed by atoms with van der Waals surface area (Å²) < 4.78 is 40.1. The number of alkyl halides is 3. The maximum absolute atomic E-state index is 13.4.